The zero-order chi connectivity index (χ0) is 15.1. The summed E-state index contributed by atoms with van der Waals surface area (Å²) < 4.78 is 13.4. The number of amides is 1. The molecule has 110 valence electrons. The average molecular weight is 288 g/mol. The van der Waals surface area contributed by atoms with Gasteiger partial charge in [0.1, 0.15) is 5.82 Å². The van der Waals surface area contributed by atoms with Crippen molar-refractivity contribution < 1.29 is 14.3 Å². The Kier molecular flexibility index (Phi) is 5.43. The molecule has 1 unspecified atom stereocenters. The monoisotopic (exact) mass is 288 g/mol. The Hall–Kier alpha value is -2.24. The number of anilines is 1. The van der Waals surface area contributed by atoms with E-state index in [4.69, 9.17) is 0 Å². The van der Waals surface area contributed by atoms with Crippen molar-refractivity contribution in [1.29, 1.82) is 0 Å². The van der Waals surface area contributed by atoms with Gasteiger partial charge in [-0.25, -0.2) is 4.39 Å². The van der Waals surface area contributed by atoms with Crippen LogP contribution in [-0.2, 0) is 4.79 Å². The molecular formula is C16H17FN2O2. The Morgan fingerprint density at radius 2 is 1.76 bits per heavy atom. The number of benzene rings is 2. The maximum Gasteiger partial charge on any atom is 0.238 e. The molecule has 2 aromatic rings. The molecule has 5 heteroatoms. The maximum atomic E-state index is 13.4. The van der Waals surface area contributed by atoms with Crippen molar-refractivity contribution in [2.75, 3.05) is 18.5 Å². The summed E-state index contributed by atoms with van der Waals surface area (Å²) in [7, 11) is 0. The van der Waals surface area contributed by atoms with Crippen molar-refractivity contribution >= 4 is 11.6 Å². The molecule has 0 aliphatic carbocycles. The predicted molar refractivity (Wildman–Crippen MR) is 79.3 cm³/mol. The van der Waals surface area contributed by atoms with Gasteiger partial charge in [-0.3, -0.25) is 10.1 Å². The van der Waals surface area contributed by atoms with E-state index in [9.17, 15) is 14.3 Å². The van der Waals surface area contributed by atoms with Gasteiger partial charge < -0.3 is 10.4 Å². The molecule has 0 aliphatic heterocycles. The largest absolute Gasteiger partial charge is 0.394 e. The Bertz CT molecular complexity index is 590. The molecule has 2 aromatic carbocycles. The highest BCUT2D eigenvalue weighted by molar-refractivity contribution is 5.92. The third-order valence-electron chi connectivity index (χ3n) is 3.04. The number of nitrogens with one attached hydrogen (secondary N) is 2. The number of hydrogen-bond acceptors (Lipinski definition) is 3. The molecule has 1 atom stereocenters. The first kappa shape index (κ1) is 15.2. The van der Waals surface area contributed by atoms with Crippen molar-refractivity contribution in [2.45, 2.75) is 6.04 Å². The van der Waals surface area contributed by atoms with Crippen LogP contribution in [0.2, 0.25) is 0 Å². The highest BCUT2D eigenvalue weighted by Gasteiger charge is 2.12. The summed E-state index contributed by atoms with van der Waals surface area (Å²) in [4.78, 5) is 11.8. The second-order valence-corrected chi connectivity index (χ2v) is 4.55. The summed E-state index contributed by atoms with van der Waals surface area (Å²) in [5, 5.41) is 14.8. The second kappa shape index (κ2) is 7.52. The van der Waals surface area contributed by atoms with Crippen LogP contribution < -0.4 is 10.6 Å². The molecule has 0 saturated carbocycles. The number of rotatable bonds is 6. The third-order valence-corrected chi connectivity index (χ3v) is 3.04. The summed E-state index contributed by atoms with van der Waals surface area (Å²) >= 11 is 0. The summed E-state index contributed by atoms with van der Waals surface area (Å²) in [6.45, 7) is -0.147. The van der Waals surface area contributed by atoms with E-state index in [1.807, 2.05) is 30.3 Å². The predicted octanol–water partition coefficient (Wildman–Crippen LogP) is 2.09. The van der Waals surface area contributed by atoms with E-state index < -0.39 is 5.82 Å². The molecule has 0 spiro atoms. The number of aliphatic hydroxyl groups is 1. The third kappa shape index (κ3) is 4.37. The van der Waals surface area contributed by atoms with E-state index >= 15 is 0 Å². The molecule has 0 saturated heterocycles. The zero-order valence-corrected chi connectivity index (χ0v) is 11.4. The number of para-hydroxylation sites is 1. The van der Waals surface area contributed by atoms with Gasteiger partial charge in [-0.2, -0.15) is 0 Å². The lowest BCUT2D eigenvalue weighted by molar-refractivity contribution is -0.115. The minimum absolute atomic E-state index is 0.0194. The number of aliphatic hydroxyl groups excluding tert-OH is 1. The fourth-order valence-corrected chi connectivity index (χ4v) is 1.95. The van der Waals surface area contributed by atoms with E-state index in [1.165, 1.54) is 12.1 Å². The van der Waals surface area contributed by atoms with Crippen molar-refractivity contribution in [2.24, 2.45) is 0 Å². The fraction of sp³-hybridized carbons (Fsp3) is 0.188. The SMILES string of the molecule is O=C(CNC(CO)c1ccccc1)Nc1ccccc1F. The van der Waals surface area contributed by atoms with Gasteiger partial charge in [0.15, 0.2) is 0 Å². The molecule has 21 heavy (non-hydrogen) atoms. The summed E-state index contributed by atoms with van der Waals surface area (Å²) in [6.07, 6.45) is 0. The number of halogens is 1. The molecule has 0 aliphatic rings. The Morgan fingerprint density at radius 1 is 1.10 bits per heavy atom. The maximum absolute atomic E-state index is 13.4. The highest BCUT2D eigenvalue weighted by atomic mass is 19.1. The molecule has 0 bridgehead atoms. The van der Waals surface area contributed by atoms with Crippen molar-refractivity contribution in [3.05, 3.63) is 66.0 Å². The van der Waals surface area contributed by atoms with Crippen LogP contribution in [0, 0.1) is 5.82 Å². The number of hydrogen-bond donors (Lipinski definition) is 3. The summed E-state index contributed by atoms with van der Waals surface area (Å²) in [5.41, 5.74) is 1.03. The number of carbonyl (C=O) groups is 1. The standard InChI is InChI=1S/C16H17FN2O2/c17-13-8-4-5-9-14(13)19-16(21)10-18-15(11-20)12-6-2-1-3-7-12/h1-9,15,18,20H,10-11H2,(H,19,21). The minimum Gasteiger partial charge on any atom is -0.394 e. The molecule has 2 rings (SSSR count). The lowest BCUT2D eigenvalue weighted by Gasteiger charge is -2.16. The average Bonchev–Trinajstić information content (AvgIpc) is 2.51. The summed E-state index contributed by atoms with van der Waals surface area (Å²) in [6, 6.07) is 15.0. The Balaban J connectivity index is 1.90. The van der Waals surface area contributed by atoms with Gasteiger partial charge in [0.2, 0.25) is 5.91 Å². The van der Waals surface area contributed by atoms with Crippen LogP contribution in [0.1, 0.15) is 11.6 Å². The topological polar surface area (TPSA) is 61.4 Å². The molecule has 0 fully saturated rings. The molecule has 4 nitrogen and oxygen atoms in total. The van der Waals surface area contributed by atoms with Gasteiger partial charge in [-0.1, -0.05) is 42.5 Å². The highest BCUT2D eigenvalue weighted by Crippen LogP contribution is 2.13. The van der Waals surface area contributed by atoms with E-state index in [-0.39, 0.29) is 30.8 Å². The first-order valence-electron chi connectivity index (χ1n) is 6.64. The first-order chi connectivity index (χ1) is 10.2. The minimum atomic E-state index is -0.479. The van der Waals surface area contributed by atoms with Crippen LogP contribution in [-0.4, -0.2) is 24.2 Å². The van der Waals surface area contributed by atoms with Crippen LogP contribution in [0.25, 0.3) is 0 Å². The van der Waals surface area contributed by atoms with Gasteiger partial charge >= 0.3 is 0 Å². The molecule has 1 amide bonds. The molecule has 3 N–H and O–H groups in total. The number of carbonyl (C=O) groups excluding carboxylic acids is 1. The van der Waals surface area contributed by atoms with E-state index in [2.05, 4.69) is 10.6 Å². The van der Waals surface area contributed by atoms with Crippen molar-refractivity contribution in [3.63, 3.8) is 0 Å². The molecule has 0 aromatic heterocycles. The van der Waals surface area contributed by atoms with E-state index in [0.717, 1.165) is 5.56 Å². The quantitative estimate of drug-likeness (QED) is 0.762. The smallest absolute Gasteiger partial charge is 0.238 e. The van der Waals surface area contributed by atoms with Gasteiger partial charge in [-0.15, -0.1) is 0 Å². The Labute approximate surface area is 122 Å². The normalized spacial score (nSPS) is 11.9. The molecule has 0 heterocycles. The first-order valence-corrected chi connectivity index (χ1v) is 6.64. The van der Waals surface area contributed by atoms with E-state index in [1.54, 1.807) is 12.1 Å². The molecular weight excluding hydrogens is 271 g/mol. The van der Waals surface area contributed by atoms with Crippen LogP contribution in [0.3, 0.4) is 0 Å². The van der Waals surface area contributed by atoms with E-state index in [0.29, 0.717) is 0 Å². The van der Waals surface area contributed by atoms with Crippen LogP contribution >= 0.6 is 0 Å². The van der Waals surface area contributed by atoms with Crippen LogP contribution in [0.5, 0.6) is 0 Å². The van der Waals surface area contributed by atoms with Crippen molar-refractivity contribution in [1.82, 2.24) is 5.32 Å². The lowest BCUT2D eigenvalue weighted by Crippen LogP contribution is -2.33. The second-order valence-electron chi connectivity index (χ2n) is 4.55. The van der Waals surface area contributed by atoms with Gasteiger partial charge in [-0.05, 0) is 17.7 Å². The van der Waals surface area contributed by atoms with Crippen LogP contribution in [0.4, 0.5) is 10.1 Å². The van der Waals surface area contributed by atoms with Gasteiger partial charge in [0.05, 0.1) is 24.9 Å². The van der Waals surface area contributed by atoms with Gasteiger partial charge in [0.25, 0.3) is 0 Å². The Morgan fingerprint density at radius 3 is 2.43 bits per heavy atom. The lowest BCUT2D eigenvalue weighted by atomic mass is 10.1. The molecule has 0 radical (unpaired) electrons. The zero-order valence-electron chi connectivity index (χ0n) is 11.4. The van der Waals surface area contributed by atoms with Crippen LogP contribution in [0.15, 0.2) is 54.6 Å². The fourth-order valence-electron chi connectivity index (χ4n) is 1.95. The van der Waals surface area contributed by atoms with Crippen molar-refractivity contribution in [3.8, 4) is 0 Å². The van der Waals surface area contributed by atoms with Gasteiger partial charge in [0, 0.05) is 0 Å². The summed E-state index contributed by atoms with van der Waals surface area (Å²) in [5.74, 6) is -0.845.